The molecule has 2 rings (SSSR count). The van der Waals surface area contributed by atoms with Crippen LogP contribution in [0.3, 0.4) is 0 Å². The highest BCUT2D eigenvalue weighted by Gasteiger charge is 2.23. The molecule has 1 aliphatic heterocycles. The molecule has 0 spiro atoms. The Morgan fingerprint density at radius 1 is 1.50 bits per heavy atom. The smallest absolute Gasteiger partial charge is 0.263 e. The molecule has 0 saturated carbocycles. The van der Waals surface area contributed by atoms with Crippen molar-refractivity contribution in [3.63, 3.8) is 0 Å². The zero-order chi connectivity index (χ0) is 11.9. The van der Waals surface area contributed by atoms with Gasteiger partial charge >= 0.3 is 0 Å². The van der Waals surface area contributed by atoms with Crippen LogP contribution >= 0.6 is 26.6 Å². The van der Waals surface area contributed by atoms with Gasteiger partial charge in [0.15, 0.2) is 0 Å². The van der Waals surface area contributed by atoms with Crippen molar-refractivity contribution in [1.29, 1.82) is 0 Å². The van der Waals surface area contributed by atoms with Crippen molar-refractivity contribution in [3.05, 3.63) is 22.2 Å². The van der Waals surface area contributed by atoms with E-state index in [0.717, 1.165) is 23.0 Å². The minimum absolute atomic E-state index is 0.158. The molecule has 0 aliphatic carbocycles. The van der Waals surface area contributed by atoms with Gasteiger partial charge in [0, 0.05) is 21.7 Å². The van der Waals surface area contributed by atoms with Crippen molar-refractivity contribution in [1.82, 2.24) is 0 Å². The van der Waals surface area contributed by atoms with Gasteiger partial charge in [0.25, 0.3) is 9.05 Å². The molecule has 0 bridgehead atoms. The second-order valence-corrected chi connectivity index (χ2v) is 7.52. The van der Waals surface area contributed by atoms with Crippen molar-refractivity contribution in [3.8, 4) is 0 Å². The lowest BCUT2D eigenvalue weighted by atomic mass is 9.96. The van der Waals surface area contributed by atoms with E-state index in [0.29, 0.717) is 11.6 Å². The predicted octanol–water partition coefficient (Wildman–Crippen LogP) is 2.98. The maximum Gasteiger partial charge on any atom is 0.263 e. The third-order valence-electron chi connectivity index (χ3n) is 2.61. The molecule has 1 heterocycles. The first-order chi connectivity index (χ1) is 7.38. The molecule has 0 amide bonds. The fourth-order valence-electron chi connectivity index (χ4n) is 1.91. The molecule has 0 radical (unpaired) electrons. The molecule has 1 unspecified atom stereocenters. The molecule has 0 aromatic heterocycles. The van der Waals surface area contributed by atoms with E-state index in [2.05, 4.69) is 28.2 Å². The Morgan fingerprint density at radius 2 is 2.19 bits per heavy atom. The van der Waals surface area contributed by atoms with Crippen LogP contribution in [0.5, 0.6) is 0 Å². The Labute approximate surface area is 108 Å². The summed E-state index contributed by atoms with van der Waals surface area (Å²) >= 11 is 3.30. The van der Waals surface area contributed by atoms with Gasteiger partial charge in [-0.2, -0.15) is 0 Å². The van der Waals surface area contributed by atoms with Gasteiger partial charge in [-0.3, -0.25) is 0 Å². The predicted molar refractivity (Wildman–Crippen MR) is 68.5 cm³/mol. The van der Waals surface area contributed by atoms with Crippen LogP contribution in [-0.4, -0.2) is 15.0 Å². The summed E-state index contributed by atoms with van der Waals surface area (Å²) in [5.74, 6) is 0.493. The lowest BCUT2D eigenvalue weighted by Gasteiger charge is -2.25. The summed E-state index contributed by atoms with van der Waals surface area (Å²) in [7, 11) is 1.71. The minimum atomic E-state index is -3.70. The van der Waals surface area contributed by atoms with E-state index in [9.17, 15) is 8.42 Å². The lowest BCUT2D eigenvalue weighted by Crippen LogP contribution is -2.22. The third-order valence-corrected chi connectivity index (χ3v) is 4.41. The summed E-state index contributed by atoms with van der Waals surface area (Å²) in [4.78, 5) is 0.158. The summed E-state index contributed by atoms with van der Waals surface area (Å²) in [5, 5.41) is 3.13. The second kappa shape index (κ2) is 4.20. The number of rotatable bonds is 1. The van der Waals surface area contributed by atoms with E-state index < -0.39 is 9.05 Å². The Hall–Kier alpha value is -0.260. The van der Waals surface area contributed by atoms with Crippen LogP contribution in [0.4, 0.5) is 5.69 Å². The Balaban J connectivity index is 2.64. The Morgan fingerprint density at radius 3 is 2.81 bits per heavy atom. The standard InChI is InChI=1S/C10H11BrClNO2S/c1-6-2-7-3-8(11)4-9(16(12,14)15)10(7)13-5-6/h3-4,6,13H,2,5H2,1H3. The Bertz CT molecular complexity index is 530. The fraction of sp³-hybridized carbons (Fsp3) is 0.400. The summed E-state index contributed by atoms with van der Waals surface area (Å²) in [6.07, 6.45) is 0.862. The molecule has 1 aromatic rings. The SMILES string of the molecule is CC1CNc2c(cc(Br)cc2S(=O)(=O)Cl)C1. The van der Waals surface area contributed by atoms with Gasteiger partial charge in [0.2, 0.25) is 0 Å². The first-order valence-electron chi connectivity index (χ1n) is 4.89. The minimum Gasteiger partial charge on any atom is -0.383 e. The molecular weight excluding hydrogens is 314 g/mol. The van der Waals surface area contributed by atoms with Crippen LogP contribution in [0.15, 0.2) is 21.5 Å². The summed E-state index contributed by atoms with van der Waals surface area (Å²) in [6, 6.07) is 3.47. The van der Waals surface area contributed by atoms with Crippen LogP contribution in [-0.2, 0) is 15.5 Å². The van der Waals surface area contributed by atoms with Gasteiger partial charge in [-0.25, -0.2) is 8.42 Å². The second-order valence-electron chi connectivity index (χ2n) is 4.07. The van der Waals surface area contributed by atoms with E-state index >= 15 is 0 Å². The van der Waals surface area contributed by atoms with Gasteiger partial charge in [-0.15, -0.1) is 0 Å². The highest BCUT2D eigenvalue weighted by molar-refractivity contribution is 9.10. The van der Waals surface area contributed by atoms with E-state index in [1.807, 2.05) is 6.07 Å². The van der Waals surface area contributed by atoms with Gasteiger partial charge in [-0.05, 0) is 30.0 Å². The van der Waals surface area contributed by atoms with Crippen molar-refractivity contribution >= 4 is 41.4 Å². The highest BCUT2D eigenvalue weighted by Crippen LogP contribution is 2.35. The molecular formula is C10H11BrClNO2S. The van der Waals surface area contributed by atoms with E-state index in [1.54, 1.807) is 0 Å². The summed E-state index contributed by atoms with van der Waals surface area (Å²) in [6.45, 7) is 2.89. The molecule has 6 heteroatoms. The molecule has 1 atom stereocenters. The number of fused-ring (bicyclic) bond motifs is 1. The zero-order valence-corrected chi connectivity index (χ0v) is 11.8. The summed E-state index contributed by atoms with van der Waals surface area (Å²) < 4.78 is 23.6. The molecule has 3 nitrogen and oxygen atoms in total. The third kappa shape index (κ3) is 2.36. The van der Waals surface area contributed by atoms with Crippen molar-refractivity contribution < 1.29 is 8.42 Å². The lowest BCUT2D eigenvalue weighted by molar-refractivity contribution is 0.587. The van der Waals surface area contributed by atoms with Crippen LogP contribution in [0, 0.1) is 5.92 Å². The van der Waals surface area contributed by atoms with E-state index in [4.69, 9.17) is 10.7 Å². The van der Waals surface area contributed by atoms with Crippen molar-refractivity contribution in [2.24, 2.45) is 5.92 Å². The van der Waals surface area contributed by atoms with Gasteiger partial charge in [-0.1, -0.05) is 22.9 Å². The summed E-state index contributed by atoms with van der Waals surface area (Å²) in [5.41, 5.74) is 1.64. The van der Waals surface area contributed by atoms with Crippen LogP contribution < -0.4 is 5.32 Å². The van der Waals surface area contributed by atoms with Crippen molar-refractivity contribution in [2.75, 3.05) is 11.9 Å². The number of benzene rings is 1. The van der Waals surface area contributed by atoms with Gasteiger partial charge in [0.1, 0.15) is 4.90 Å². The molecule has 1 aliphatic rings. The van der Waals surface area contributed by atoms with Crippen LogP contribution in [0.25, 0.3) is 0 Å². The Kier molecular flexibility index (Phi) is 3.20. The maximum atomic E-state index is 11.4. The van der Waals surface area contributed by atoms with E-state index in [-0.39, 0.29) is 4.90 Å². The number of halogens is 2. The number of hydrogen-bond donors (Lipinski definition) is 1. The normalized spacial score (nSPS) is 20.1. The zero-order valence-electron chi connectivity index (χ0n) is 8.63. The molecule has 88 valence electrons. The molecule has 1 aromatic carbocycles. The molecule has 0 saturated heterocycles. The first-order valence-corrected chi connectivity index (χ1v) is 7.99. The van der Waals surface area contributed by atoms with E-state index in [1.165, 1.54) is 6.07 Å². The monoisotopic (exact) mass is 323 g/mol. The maximum absolute atomic E-state index is 11.4. The average molecular weight is 325 g/mol. The molecule has 16 heavy (non-hydrogen) atoms. The van der Waals surface area contributed by atoms with Gasteiger partial charge < -0.3 is 5.32 Å². The largest absolute Gasteiger partial charge is 0.383 e. The molecule has 1 N–H and O–H groups in total. The fourth-order valence-corrected chi connectivity index (χ4v) is 3.65. The van der Waals surface area contributed by atoms with Crippen LogP contribution in [0.2, 0.25) is 0 Å². The highest BCUT2D eigenvalue weighted by atomic mass is 79.9. The molecule has 0 fully saturated rings. The number of anilines is 1. The van der Waals surface area contributed by atoms with Crippen molar-refractivity contribution in [2.45, 2.75) is 18.2 Å². The quantitative estimate of drug-likeness (QED) is 0.808. The van der Waals surface area contributed by atoms with Gasteiger partial charge in [0.05, 0.1) is 5.69 Å². The topological polar surface area (TPSA) is 46.2 Å². The first kappa shape index (κ1) is 12.2. The van der Waals surface area contributed by atoms with Crippen LogP contribution in [0.1, 0.15) is 12.5 Å². The number of nitrogens with one attached hydrogen (secondary N) is 1. The number of hydrogen-bond acceptors (Lipinski definition) is 3. The average Bonchev–Trinajstić information content (AvgIpc) is 2.14.